The molecule has 0 aliphatic heterocycles. The summed E-state index contributed by atoms with van der Waals surface area (Å²) < 4.78 is 5.08. The van der Waals surface area contributed by atoms with Crippen molar-refractivity contribution in [2.75, 3.05) is 19.4 Å². The summed E-state index contributed by atoms with van der Waals surface area (Å²) >= 11 is 1.53. The van der Waals surface area contributed by atoms with Crippen LogP contribution >= 0.6 is 11.8 Å². The van der Waals surface area contributed by atoms with Gasteiger partial charge in [0.05, 0.1) is 12.8 Å². The number of H-pyrrole nitrogens is 1. The topological polar surface area (TPSA) is 84.1 Å². The van der Waals surface area contributed by atoms with Crippen molar-refractivity contribution in [1.29, 1.82) is 0 Å². The molecule has 0 spiro atoms. The number of carbonyl (C=O) groups is 1. The van der Waals surface area contributed by atoms with Crippen LogP contribution in [0.4, 0.5) is 0 Å². The summed E-state index contributed by atoms with van der Waals surface area (Å²) in [7, 11) is 1.59. The van der Waals surface area contributed by atoms with Crippen LogP contribution in [0.25, 0.3) is 0 Å². The zero-order chi connectivity index (χ0) is 18.4. The second-order valence-corrected chi connectivity index (χ2v) is 7.27. The highest BCUT2D eigenvalue weighted by Gasteiger charge is 2.15. The molecule has 2 N–H and O–H groups in total. The fraction of sp³-hybridized carbons (Fsp3) is 0.421. The molecule has 0 bridgehead atoms. The fourth-order valence-electron chi connectivity index (χ4n) is 2.94. The summed E-state index contributed by atoms with van der Waals surface area (Å²) in [5.41, 5.74) is 2.42. The van der Waals surface area contributed by atoms with Crippen molar-refractivity contribution in [3.63, 3.8) is 0 Å². The van der Waals surface area contributed by atoms with Gasteiger partial charge in [-0.05, 0) is 56.4 Å². The number of carbonyl (C=O) groups excluding carboxylic acids is 1. The van der Waals surface area contributed by atoms with Crippen LogP contribution < -0.4 is 15.6 Å². The second kappa shape index (κ2) is 8.89. The predicted molar refractivity (Wildman–Crippen MR) is 102 cm³/mol. The first kappa shape index (κ1) is 18.5. The summed E-state index contributed by atoms with van der Waals surface area (Å²) in [5.74, 6) is 1.41. The highest BCUT2D eigenvalue weighted by molar-refractivity contribution is 7.99. The van der Waals surface area contributed by atoms with Crippen molar-refractivity contribution < 1.29 is 9.53 Å². The Labute approximate surface area is 156 Å². The number of hydrogen-bond acceptors (Lipinski definition) is 5. The highest BCUT2D eigenvalue weighted by atomic mass is 32.2. The number of hydrogen-bond donors (Lipinski definition) is 2. The van der Waals surface area contributed by atoms with Crippen molar-refractivity contribution in [2.24, 2.45) is 0 Å². The highest BCUT2D eigenvalue weighted by Crippen LogP contribution is 2.19. The molecule has 2 aromatic rings. The number of rotatable bonds is 7. The van der Waals surface area contributed by atoms with Crippen LogP contribution in [0.2, 0.25) is 0 Å². The zero-order valence-corrected chi connectivity index (χ0v) is 15.7. The largest absolute Gasteiger partial charge is 0.497 e. The maximum Gasteiger partial charge on any atom is 0.254 e. The first-order valence-corrected chi connectivity index (χ1v) is 9.83. The SMILES string of the molecule is COc1ccc(C(=O)NCCCSc2nc3c(c(=O)[nH]2)CCCC3)cc1. The summed E-state index contributed by atoms with van der Waals surface area (Å²) in [5, 5.41) is 3.58. The molecule has 0 saturated heterocycles. The Hall–Kier alpha value is -2.28. The zero-order valence-electron chi connectivity index (χ0n) is 14.8. The Balaban J connectivity index is 1.43. The molecule has 6 nitrogen and oxygen atoms in total. The Morgan fingerprint density at radius 3 is 2.81 bits per heavy atom. The third kappa shape index (κ3) is 4.66. The van der Waals surface area contributed by atoms with Gasteiger partial charge in [0.2, 0.25) is 0 Å². The Morgan fingerprint density at radius 2 is 2.04 bits per heavy atom. The number of thioether (sulfide) groups is 1. The minimum absolute atomic E-state index is 0.00464. The number of nitrogens with one attached hydrogen (secondary N) is 2. The van der Waals surface area contributed by atoms with Crippen LogP contribution in [0.3, 0.4) is 0 Å². The van der Waals surface area contributed by atoms with Gasteiger partial charge in [0.15, 0.2) is 5.16 Å². The van der Waals surface area contributed by atoms with Gasteiger partial charge < -0.3 is 15.0 Å². The summed E-state index contributed by atoms with van der Waals surface area (Å²) in [6.07, 6.45) is 4.70. The molecule has 1 aliphatic carbocycles. The van der Waals surface area contributed by atoms with Crippen molar-refractivity contribution in [3.8, 4) is 5.75 Å². The monoisotopic (exact) mass is 373 g/mol. The molecule has 1 aromatic carbocycles. The lowest BCUT2D eigenvalue weighted by molar-refractivity contribution is 0.0954. The van der Waals surface area contributed by atoms with Gasteiger partial charge in [-0.25, -0.2) is 4.98 Å². The lowest BCUT2D eigenvalue weighted by atomic mass is 9.97. The standard InChI is InChI=1S/C19H23N3O3S/c1-25-14-9-7-13(8-10-14)17(23)20-11-4-12-26-19-21-16-6-3-2-5-15(16)18(24)22-19/h7-10H,2-6,11-12H2,1H3,(H,20,23)(H,21,22,24). The lowest BCUT2D eigenvalue weighted by Gasteiger charge is -2.14. The predicted octanol–water partition coefficient (Wildman–Crippen LogP) is 2.57. The number of amides is 1. The Bertz CT molecular complexity index is 818. The average molecular weight is 373 g/mol. The van der Waals surface area contributed by atoms with Crippen LogP contribution in [-0.4, -0.2) is 35.3 Å². The quantitative estimate of drug-likeness (QED) is 0.443. The van der Waals surface area contributed by atoms with Gasteiger partial charge >= 0.3 is 0 Å². The number of ether oxygens (including phenoxy) is 1. The van der Waals surface area contributed by atoms with E-state index in [2.05, 4.69) is 15.3 Å². The van der Waals surface area contributed by atoms with E-state index in [1.165, 1.54) is 11.8 Å². The first-order valence-electron chi connectivity index (χ1n) is 8.84. The van der Waals surface area contributed by atoms with Gasteiger partial charge in [0, 0.05) is 23.4 Å². The minimum atomic E-state index is -0.0991. The van der Waals surface area contributed by atoms with E-state index in [1.807, 2.05) is 0 Å². The number of aryl methyl sites for hydroxylation is 1. The van der Waals surface area contributed by atoms with E-state index in [4.69, 9.17) is 4.74 Å². The number of methoxy groups -OCH3 is 1. The van der Waals surface area contributed by atoms with Gasteiger partial charge in [-0.15, -0.1) is 0 Å². The van der Waals surface area contributed by atoms with Gasteiger partial charge in [-0.3, -0.25) is 9.59 Å². The van der Waals surface area contributed by atoms with Crippen LogP contribution in [-0.2, 0) is 12.8 Å². The van der Waals surface area contributed by atoms with Crippen molar-refractivity contribution in [2.45, 2.75) is 37.3 Å². The van der Waals surface area contributed by atoms with Crippen LogP contribution in [0.15, 0.2) is 34.2 Å². The fourth-order valence-corrected chi connectivity index (χ4v) is 3.76. The first-order chi connectivity index (χ1) is 12.7. The van der Waals surface area contributed by atoms with E-state index in [0.29, 0.717) is 17.3 Å². The van der Waals surface area contributed by atoms with Gasteiger partial charge in [-0.2, -0.15) is 0 Å². The van der Waals surface area contributed by atoms with Crippen LogP contribution in [0.5, 0.6) is 5.75 Å². The van der Waals surface area contributed by atoms with E-state index >= 15 is 0 Å². The molecule has 0 atom stereocenters. The maximum atomic E-state index is 12.1. The summed E-state index contributed by atoms with van der Waals surface area (Å²) in [6, 6.07) is 7.01. The summed E-state index contributed by atoms with van der Waals surface area (Å²) in [6.45, 7) is 0.576. The van der Waals surface area contributed by atoms with Crippen molar-refractivity contribution in [1.82, 2.24) is 15.3 Å². The number of fused-ring (bicyclic) bond motifs is 1. The number of aromatic nitrogens is 2. The Morgan fingerprint density at radius 1 is 1.27 bits per heavy atom. The molecule has 0 radical (unpaired) electrons. The van der Waals surface area contributed by atoms with Crippen LogP contribution in [0.1, 0.15) is 40.9 Å². The van der Waals surface area contributed by atoms with E-state index in [1.54, 1.807) is 31.4 Å². The molecule has 26 heavy (non-hydrogen) atoms. The molecule has 1 aliphatic rings. The molecular weight excluding hydrogens is 350 g/mol. The molecule has 138 valence electrons. The number of nitrogens with zero attached hydrogens (tertiary/aromatic N) is 1. The van der Waals surface area contributed by atoms with Gasteiger partial charge in [0.1, 0.15) is 5.75 Å². The minimum Gasteiger partial charge on any atom is -0.497 e. The van der Waals surface area contributed by atoms with E-state index < -0.39 is 0 Å². The second-order valence-electron chi connectivity index (χ2n) is 6.19. The smallest absolute Gasteiger partial charge is 0.254 e. The van der Waals surface area contributed by atoms with E-state index in [0.717, 1.165) is 54.9 Å². The van der Waals surface area contributed by atoms with Crippen molar-refractivity contribution >= 4 is 17.7 Å². The molecule has 0 unspecified atom stereocenters. The van der Waals surface area contributed by atoms with E-state index in [9.17, 15) is 9.59 Å². The molecule has 0 saturated carbocycles. The third-order valence-corrected chi connectivity index (χ3v) is 5.33. The average Bonchev–Trinajstić information content (AvgIpc) is 2.67. The third-order valence-electron chi connectivity index (χ3n) is 4.37. The molecule has 7 heteroatoms. The molecule has 1 aromatic heterocycles. The van der Waals surface area contributed by atoms with E-state index in [-0.39, 0.29) is 11.5 Å². The molecule has 1 heterocycles. The van der Waals surface area contributed by atoms with Crippen molar-refractivity contribution in [3.05, 3.63) is 51.4 Å². The molecule has 0 fully saturated rings. The van der Waals surface area contributed by atoms with Gasteiger partial charge in [0.25, 0.3) is 11.5 Å². The molecule has 1 amide bonds. The summed E-state index contributed by atoms with van der Waals surface area (Å²) in [4.78, 5) is 31.6. The maximum absolute atomic E-state index is 12.1. The number of benzene rings is 1. The van der Waals surface area contributed by atoms with Gasteiger partial charge in [-0.1, -0.05) is 11.8 Å². The number of aromatic amines is 1. The lowest BCUT2D eigenvalue weighted by Crippen LogP contribution is -2.24. The Kier molecular flexibility index (Phi) is 6.33. The normalized spacial score (nSPS) is 13.1. The molecular formula is C19H23N3O3S. The van der Waals surface area contributed by atoms with Crippen LogP contribution in [0, 0.1) is 0 Å². The molecule has 3 rings (SSSR count).